The third-order valence-electron chi connectivity index (χ3n) is 3.86. The van der Waals surface area contributed by atoms with Crippen LogP contribution in [0, 0.1) is 11.8 Å². The van der Waals surface area contributed by atoms with Gasteiger partial charge >= 0.3 is 0 Å². The smallest absolute Gasteiger partial charge is 0.265 e. The molecule has 0 aromatic heterocycles. The Labute approximate surface area is 126 Å². The second kappa shape index (κ2) is 7.26. The van der Waals surface area contributed by atoms with E-state index in [1.807, 2.05) is 6.07 Å². The van der Waals surface area contributed by atoms with Crippen LogP contribution in [0.1, 0.15) is 49.0 Å². The number of carbonyl (C=O) groups excluding carboxylic acids is 1. The monoisotopic (exact) mass is 286 g/mol. The average Bonchev–Trinajstić information content (AvgIpc) is 2.49. The highest BCUT2D eigenvalue weighted by molar-refractivity contribution is 5.94. The van der Waals surface area contributed by atoms with Crippen molar-refractivity contribution in [3.63, 3.8) is 0 Å². The predicted octanol–water partition coefficient (Wildman–Crippen LogP) is 1.94. The van der Waals surface area contributed by atoms with Crippen molar-refractivity contribution < 1.29 is 9.90 Å². The average molecular weight is 286 g/mol. The minimum atomic E-state index is -0.181. The van der Waals surface area contributed by atoms with Crippen LogP contribution < -0.4 is 5.43 Å². The lowest BCUT2D eigenvalue weighted by atomic mass is 10.00. The molecule has 2 atom stereocenters. The minimum Gasteiger partial charge on any atom is -0.384 e. The zero-order valence-electron chi connectivity index (χ0n) is 12.6. The molecule has 0 aliphatic carbocycles. The summed E-state index contributed by atoms with van der Waals surface area (Å²) in [7, 11) is 0. The molecule has 4 nitrogen and oxygen atoms in total. The lowest BCUT2D eigenvalue weighted by Gasteiger charge is -2.38. The van der Waals surface area contributed by atoms with Gasteiger partial charge in [-0.25, -0.2) is 5.01 Å². The topological polar surface area (TPSA) is 52.6 Å². The third kappa shape index (κ3) is 4.07. The van der Waals surface area contributed by atoms with Crippen LogP contribution in [-0.4, -0.2) is 34.7 Å². The molecule has 21 heavy (non-hydrogen) atoms. The second-order valence-electron chi connectivity index (χ2n) is 5.52. The molecular formula is C17H22N2O2. The van der Waals surface area contributed by atoms with Gasteiger partial charge in [0.05, 0.1) is 0 Å². The Kier molecular flexibility index (Phi) is 5.38. The Morgan fingerprint density at radius 3 is 2.76 bits per heavy atom. The van der Waals surface area contributed by atoms with Crippen molar-refractivity contribution in [2.24, 2.45) is 0 Å². The summed E-state index contributed by atoms with van der Waals surface area (Å²) in [5.74, 6) is 5.30. The summed E-state index contributed by atoms with van der Waals surface area (Å²) in [5.41, 5.74) is 4.34. The third-order valence-corrected chi connectivity index (χ3v) is 3.86. The molecule has 4 heteroatoms. The van der Waals surface area contributed by atoms with Gasteiger partial charge < -0.3 is 5.11 Å². The van der Waals surface area contributed by atoms with Gasteiger partial charge in [-0.3, -0.25) is 10.2 Å². The van der Waals surface area contributed by atoms with Gasteiger partial charge in [0.2, 0.25) is 0 Å². The highest BCUT2D eigenvalue weighted by Gasteiger charge is 2.26. The molecule has 1 amide bonds. The highest BCUT2D eigenvalue weighted by Crippen LogP contribution is 2.20. The lowest BCUT2D eigenvalue weighted by molar-refractivity contribution is 0.0370. The van der Waals surface area contributed by atoms with Gasteiger partial charge in [-0.15, -0.1) is 0 Å². The van der Waals surface area contributed by atoms with Crippen LogP contribution in [0.5, 0.6) is 0 Å². The zero-order valence-corrected chi connectivity index (χ0v) is 12.6. The Balaban J connectivity index is 2.09. The van der Waals surface area contributed by atoms with Gasteiger partial charge in [0, 0.05) is 23.2 Å². The van der Waals surface area contributed by atoms with Crippen LogP contribution in [0.25, 0.3) is 0 Å². The molecule has 0 bridgehead atoms. The summed E-state index contributed by atoms with van der Waals surface area (Å²) in [5, 5.41) is 10.8. The molecule has 1 fully saturated rings. The molecule has 2 unspecified atom stereocenters. The fourth-order valence-corrected chi connectivity index (χ4v) is 2.70. The van der Waals surface area contributed by atoms with Crippen molar-refractivity contribution >= 4 is 5.91 Å². The number of hydrogen-bond donors (Lipinski definition) is 2. The zero-order chi connectivity index (χ0) is 15.2. The Bertz CT molecular complexity index is 549. The maximum absolute atomic E-state index is 12.4. The van der Waals surface area contributed by atoms with Crippen LogP contribution in [0.3, 0.4) is 0 Å². The molecule has 112 valence electrons. The van der Waals surface area contributed by atoms with Gasteiger partial charge in [0.25, 0.3) is 5.91 Å². The second-order valence-corrected chi connectivity index (χ2v) is 5.52. The lowest BCUT2D eigenvalue weighted by Crippen LogP contribution is -2.54. The Morgan fingerprint density at radius 1 is 1.38 bits per heavy atom. The number of hydrogen-bond acceptors (Lipinski definition) is 3. The summed E-state index contributed by atoms with van der Waals surface area (Å²) in [6, 6.07) is 7.87. The van der Waals surface area contributed by atoms with Gasteiger partial charge in [-0.05, 0) is 44.9 Å². The first-order valence-electron chi connectivity index (χ1n) is 7.41. The van der Waals surface area contributed by atoms with Crippen molar-refractivity contribution in [1.82, 2.24) is 10.4 Å². The summed E-state index contributed by atoms with van der Waals surface area (Å²) in [6.45, 7) is 4.09. The van der Waals surface area contributed by atoms with E-state index >= 15 is 0 Å². The number of aliphatic hydroxyl groups excluding tert-OH is 1. The van der Waals surface area contributed by atoms with Crippen LogP contribution in [0.15, 0.2) is 24.3 Å². The number of carbonyl (C=O) groups is 1. The molecule has 1 aromatic carbocycles. The first kappa shape index (κ1) is 15.6. The SMILES string of the molecule is CC1CCCC(C)N1NC(=O)c1cccc(C#CCO)c1. The normalized spacial score (nSPS) is 22.2. The first-order valence-corrected chi connectivity index (χ1v) is 7.41. The molecule has 0 spiro atoms. The highest BCUT2D eigenvalue weighted by atomic mass is 16.2. The van der Waals surface area contributed by atoms with E-state index in [2.05, 4.69) is 36.1 Å². The Morgan fingerprint density at radius 2 is 2.10 bits per heavy atom. The summed E-state index contributed by atoms with van der Waals surface area (Å²) in [6.07, 6.45) is 3.42. The molecule has 1 heterocycles. The van der Waals surface area contributed by atoms with E-state index in [0.29, 0.717) is 17.6 Å². The van der Waals surface area contributed by atoms with Crippen molar-refractivity contribution in [1.29, 1.82) is 0 Å². The van der Waals surface area contributed by atoms with Crippen LogP contribution in [0.4, 0.5) is 0 Å². The van der Waals surface area contributed by atoms with E-state index in [0.717, 1.165) is 18.4 Å². The largest absolute Gasteiger partial charge is 0.384 e. The van der Waals surface area contributed by atoms with Crippen molar-refractivity contribution in [2.45, 2.75) is 45.2 Å². The van der Waals surface area contributed by atoms with Crippen molar-refractivity contribution in [2.75, 3.05) is 6.61 Å². The van der Waals surface area contributed by atoms with Gasteiger partial charge in [-0.1, -0.05) is 24.3 Å². The molecule has 1 aliphatic heterocycles. The molecule has 1 aliphatic rings. The minimum absolute atomic E-state index is 0.108. The first-order chi connectivity index (χ1) is 10.1. The van der Waals surface area contributed by atoms with E-state index in [-0.39, 0.29) is 12.5 Å². The summed E-state index contributed by atoms with van der Waals surface area (Å²) >= 11 is 0. The van der Waals surface area contributed by atoms with E-state index in [1.165, 1.54) is 6.42 Å². The van der Waals surface area contributed by atoms with E-state index in [1.54, 1.807) is 18.2 Å². The number of amides is 1. The van der Waals surface area contributed by atoms with Crippen LogP contribution in [0.2, 0.25) is 0 Å². The standard InChI is InChI=1S/C17H22N2O2/c1-13-6-3-7-14(2)19(13)18-17(21)16-10-4-8-15(12-16)9-5-11-20/h4,8,10,12-14,20H,3,6-7,11H2,1-2H3,(H,18,21). The van der Waals surface area contributed by atoms with Gasteiger partial charge in [0.15, 0.2) is 0 Å². The number of aliphatic hydroxyl groups is 1. The van der Waals surface area contributed by atoms with Crippen LogP contribution >= 0.6 is 0 Å². The molecule has 0 radical (unpaired) electrons. The predicted molar refractivity (Wildman–Crippen MR) is 82.5 cm³/mol. The number of piperidine rings is 1. The molecule has 1 aromatic rings. The molecule has 1 saturated heterocycles. The molecule has 2 rings (SSSR count). The Hall–Kier alpha value is -1.83. The number of hydrazine groups is 1. The van der Waals surface area contributed by atoms with E-state index in [4.69, 9.17) is 5.11 Å². The van der Waals surface area contributed by atoms with Crippen molar-refractivity contribution in [3.05, 3.63) is 35.4 Å². The summed E-state index contributed by atoms with van der Waals surface area (Å²) < 4.78 is 0. The summed E-state index contributed by atoms with van der Waals surface area (Å²) in [4.78, 5) is 12.4. The van der Waals surface area contributed by atoms with Crippen LogP contribution in [-0.2, 0) is 0 Å². The molecule has 0 saturated carbocycles. The fraction of sp³-hybridized carbons (Fsp3) is 0.471. The number of nitrogens with zero attached hydrogens (tertiary/aromatic N) is 1. The van der Waals surface area contributed by atoms with E-state index < -0.39 is 0 Å². The maximum Gasteiger partial charge on any atom is 0.265 e. The van der Waals surface area contributed by atoms with Crippen molar-refractivity contribution in [3.8, 4) is 11.8 Å². The van der Waals surface area contributed by atoms with Gasteiger partial charge in [0.1, 0.15) is 6.61 Å². The molecular weight excluding hydrogens is 264 g/mol. The quantitative estimate of drug-likeness (QED) is 0.817. The molecule has 2 N–H and O–H groups in total. The number of nitrogens with one attached hydrogen (secondary N) is 1. The van der Waals surface area contributed by atoms with Gasteiger partial charge in [-0.2, -0.15) is 0 Å². The number of benzene rings is 1. The van der Waals surface area contributed by atoms with E-state index in [9.17, 15) is 4.79 Å². The fourth-order valence-electron chi connectivity index (χ4n) is 2.70. The number of rotatable bonds is 2. The maximum atomic E-state index is 12.4.